The molecule has 2 aromatic carbocycles. The van der Waals surface area contributed by atoms with Crippen molar-refractivity contribution < 1.29 is 0 Å². The lowest BCUT2D eigenvalue weighted by Crippen LogP contribution is -2.24. The van der Waals surface area contributed by atoms with Gasteiger partial charge < -0.3 is 11.5 Å². The lowest BCUT2D eigenvalue weighted by atomic mass is 9.68. The number of nitrogen functional groups attached to an aromatic ring is 2. The highest BCUT2D eigenvalue weighted by atomic mass is 14.6. The Bertz CT molecular complexity index is 743. The molecular formula is C26H36N2. The van der Waals surface area contributed by atoms with Gasteiger partial charge in [-0.05, 0) is 104 Å². The van der Waals surface area contributed by atoms with E-state index in [2.05, 4.69) is 31.2 Å². The zero-order chi connectivity index (χ0) is 19.5. The second-order valence-corrected chi connectivity index (χ2v) is 9.56. The predicted molar refractivity (Wildman–Crippen MR) is 120 cm³/mol. The second-order valence-electron chi connectivity index (χ2n) is 9.56. The number of hydrogen-bond acceptors (Lipinski definition) is 2. The summed E-state index contributed by atoms with van der Waals surface area (Å²) in [5, 5.41) is 0. The van der Waals surface area contributed by atoms with Gasteiger partial charge in [-0.3, -0.25) is 0 Å². The monoisotopic (exact) mass is 376 g/mol. The Morgan fingerprint density at radius 3 is 1.79 bits per heavy atom. The van der Waals surface area contributed by atoms with Gasteiger partial charge in [0.15, 0.2) is 0 Å². The quantitative estimate of drug-likeness (QED) is 0.595. The molecule has 0 saturated heterocycles. The van der Waals surface area contributed by atoms with Crippen molar-refractivity contribution in [1.29, 1.82) is 0 Å². The Hall–Kier alpha value is -1.96. The van der Waals surface area contributed by atoms with E-state index in [0.717, 1.165) is 41.5 Å². The Morgan fingerprint density at radius 2 is 1.21 bits per heavy atom. The molecule has 150 valence electrons. The standard InChI is InChI=1S/C26H36N2/c1-18-2-6-21(7-3-18)23-10-12-24(13-11-23)22-8-4-19(5-9-22)14-20-15-25(27)17-26(28)16-20/h4-5,8-9,15-18,21,23-24H,2-3,6-7,10-14,27-28H2,1H3. The normalized spacial score (nSPS) is 28.2. The van der Waals surface area contributed by atoms with E-state index in [1.54, 1.807) is 0 Å². The van der Waals surface area contributed by atoms with Crippen molar-refractivity contribution in [3.8, 4) is 0 Å². The first-order chi connectivity index (χ1) is 13.6. The summed E-state index contributed by atoms with van der Waals surface area (Å²) in [5.74, 6) is 3.74. The molecule has 2 saturated carbocycles. The van der Waals surface area contributed by atoms with Crippen LogP contribution < -0.4 is 11.5 Å². The smallest absolute Gasteiger partial charge is 0.0337 e. The molecule has 4 N–H and O–H groups in total. The van der Waals surface area contributed by atoms with E-state index in [9.17, 15) is 0 Å². The van der Waals surface area contributed by atoms with Gasteiger partial charge in [0.25, 0.3) is 0 Å². The van der Waals surface area contributed by atoms with Crippen molar-refractivity contribution in [2.45, 2.75) is 70.6 Å². The van der Waals surface area contributed by atoms with Gasteiger partial charge in [-0.2, -0.15) is 0 Å². The summed E-state index contributed by atoms with van der Waals surface area (Å²) in [6, 6.07) is 15.2. The first-order valence-corrected chi connectivity index (χ1v) is 11.3. The zero-order valence-corrected chi connectivity index (χ0v) is 17.4. The molecule has 0 bridgehead atoms. The minimum Gasteiger partial charge on any atom is -0.399 e. The molecule has 2 aliphatic rings. The van der Waals surface area contributed by atoms with Crippen molar-refractivity contribution in [3.05, 3.63) is 59.2 Å². The van der Waals surface area contributed by atoms with Crippen LogP contribution >= 0.6 is 0 Å². The molecule has 0 atom stereocenters. The predicted octanol–water partition coefficient (Wildman–Crippen LogP) is 6.54. The fraction of sp³-hybridized carbons (Fsp3) is 0.538. The number of benzene rings is 2. The average Bonchev–Trinajstić information content (AvgIpc) is 2.69. The summed E-state index contributed by atoms with van der Waals surface area (Å²) < 4.78 is 0. The highest BCUT2D eigenvalue weighted by Crippen LogP contribution is 2.43. The maximum Gasteiger partial charge on any atom is 0.0337 e. The highest BCUT2D eigenvalue weighted by Gasteiger charge is 2.30. The minimum absolute atomic E-state index is 0.746. The zero-order valence-electron chi connectivity index (χ0n) is 17.4. The SMILES string of the molecule is CC1CCC(C2CCC(c3ccc(Cc4cc(N)cc(N)c4)cc3)CC2)CC1. The molecule has 0 unspecified atom stereocenters. The van der Waals surface area contributed by atoms with E-state index in [0.29, 0.717) is 0 Å². The van der Waals surface area contributed by atoms with Crippen molar-refractivity contribution in [1.82, 2.24) is 0 Å². The van der Waals surface area contributed by atoms with Crippen LogP contribution in [-0.4, -0.2) is 0 Å². The Labute approximate surface area is 170 Å². The third-order valence-corrected chi connectivity index (χ3v) is 7.40. The lowest BCUT2D eigenvalue weighted by Gasteiger charge is -2.37. The van der Waals surface area contributed by atoms with Crippen LogP contribution in [0, 0.1) is 17.8 Å². The van der Waals surface area contributed by atoms with Crippen molar-refractivity contribution in [2.75, 3.05) is 11.5 Å². The van der Waals surface area contributed by atoms with Crippen molar-refractivity contribution in [2.24, 2.45) is 17.8 Å². The number of hydrogen-bond donors (Lipinski definition) is 2. The van der Waals surface area contributed by atoms with Crippen LogP contribution in [0.25, 0.3) is 0 Å². The number of anilines is 2. The van der Waals surface area contributed by atoms with E-state index in [1.807, 2.05) is 18.2 Å². The molecule has 0 aliphatic heterocycles. The average molecular weight is 377 g/mol. The molecule has 2 nitrogen and oxygen atoms in total. The van der Waals surface area contributed by atoms with Crippen LogP contribution in [0.2, 0.25) is 0 Å². The molecule has 4 rings (SSSR count). The topological polar surface area (TPSA) is 52.0 Å². The van der Waals surface area contributed by atoms with Gasteiger partial charge in [0.1, 0.15) is 0 Å². The van der Waals surface area contributed by atoms with Crippen LogP contribution in [0.4, 0.5) is 11.4 Å². The van der Waals surface area contributed by atoms with Gasteiger partial charge in [0.2, 0.25) is 0 Å². The molecule has 28 heavy (non-hydrogen) atoms. The number of nitrogens with two attached hydrogens (primary N) is 2. The molecule has 2 heteroatoms. The van der Waals surface area contributed by atoms with Crippen LogP contribution in [0.5, 0.6) is 0 Å². The van der Waals surface area contributed by atoms with Gasteiger partial charge in [0, 0.05) is 11.4 Å². The summed E-state index contributed by atoms with van der Waals surface area (Å²) in [6.07, 6.45) is 12.4. The van der Waals surface area contributed by atoms with Crippen LogP contribution in [0.3, 0.4) is 0 Å². The second kappa shape index (κ2) is 8.59. The molecule has 2 aliphatic carbocycles. The van der Waals surface area contributed by atoms with Crippen LogP contribution in [0.1, 0.15) is 80.9 Å². The molecule has 2 aromatic rings. The molecule has 2 fully saturated rings. The van der Waals surface area contributed by atoms with Gasteiger partial charge in [-0.15, -0.1) is 0 Å². The summed E-state index contributed by atoms with van der Waals surface area (Å²) >= 11 is 0. The van der Waals surface area contributed by atoms with E-state index in [-0.39, 0.29) is 0 Å². The summed E-state index contributed by atoms with van der Waals surface area (Å²) in [4.78, 5) is 0. The van der Waals surface area contributed by atoms with Crippen molar-refractivity contribution >= 4 is 11.4 Å². The Kier molecular flexibility index (Phi) is 5.94. The highest BCUT2D eigenvalue weighted by molar-refractivity contribution is 5.55. The fourth-order valence-corrected chi connectivity index (χ4v) is 5.67. The van der Waals surface area contributed by atoms with E-state index >= 15 is 0 Å². The van der Waals surface area contributed by atoms with E-state index in [4.69, 9.17) is 11.5 Å². The molecule has 0 amide bonds. The molecular weight excluding hydrogens is 340 g/mol. The first kappa shape index (κ1) is 19.4. The molecule has 0 heterocycles. The molecule has 0 aromatic heterocycles. The largest absolute Gasteiger partial charge is 0.399 e. The summed E-state index contributed by atoms with van der Waals surface area (Å²) in [6.45, 7) is 2.43. The third-order valence-electron chi connectivity index (χ3n) is 7.40. The van der Waals surface area contributed by atoms with Crippen LogP contribution in [0.15, 0.2) is 42.5 Å². The lowest BCUT2D eigenvalue weighted by molar-refractivity contribution is 0.165. The first-order valence-electron chi connectivity index (χ1n) is 11.3. The third kappa shape index (κ3) is 4.71. The van der Waals surface area contributed by atoms with E-state index < -0.39 is 0 Å². The van der Waals surface area contributed by atoms with Crippen molar-refractivity contribution in [3.63, 3.8) is 0 Å². The summed E-state index contributed by atoms with van der Waals surface area (Å²) in [7, 11) is 0. The Morgan fingerprint density at radius 1 is 0.679 bits per heavy atom. The maximum absolute atomic E-state index is 5.93. The van der Waals surface area contributed by atoms with Gasteiger partial charge in [0.05, 0.1) is 0 Å². The summed E-state index contributed by atoms with van der Waals surface area (Å²) in [5.41, 5.74) is 17.4. The maximum atomic E-state index is 5.93. The van der Waals surface area contributed by atoms with Gasteiger partial charge >= 0.3 is 0 Å². The minimum atomic E-state index is 0.746. The van der Waals surface area contributed by atoms with Gasteiger partial charge in [-0.25, -0.2) is 0 Å². The van der Waals surface area contributed by atoms with Crippen LogP contribution in [-0.2, 0) is 6.42 Å². The fourth-order valence-electron chi connectivity index (χ4n) is 5.67. The van der Waals surface area contributed by atoms with E-state index in [1.165, 1.54) is 68.1 Å². The molecule has 0 radical (unpaired) electrons. The Balaban J connectivity index is 1.32. The number of rotatable bonds is 4. The van der Waals surface area contributed by atoms with Gasteiger partial charge in [-0.1, -0.05) is 44.0 Å². The molecule has 0 spiro atoms.